The Balaban J connectivity index is 2.01. The highest BCUT2D eigenvalue weighted by Crippen LogP contribution is 2.21. The first kappa shape index (κ1) is 14.2. The summed E-state index contributed by atoms with van der Waals surface area (Å²) in [7, 11) is 0. The van der Waals surface area contributed by atoms with E-state index in [2.05, 4.69) is 73.4 Å². The summed E-state index contributed by atoms with van der Waals surface area (Å²) in [5.41, 5.74) is 2.51. The monoisotopic (exact) mass is 387 g/mol. The third-order valence-corrected chi connectivity index (χ3v) is 5.16. The first-order chi connectivity index (χ1) is 8.67. The largest absolute Gasteiger partial charge is 0.247 e. The zero-order valence-corrected chi connectivity index (χ0v) is 14.2. The topological polar surface area (TPSA) is 12.9 Å². The van der Waals surface area contributed by atoms with Gasteiger partial charge in [-0.15, -0.1) is 11.3 Å². The first-order valence-corrected chi connectivity index (χ1v) is 8.68. The van der Waals surface area contributed by atoms with Crippen LogP contribution in [-0.4, -0.2) is 10.3 Å². The van der Waals surface area contributed by atoms with E-state index in [4.69, 9.17) is 0 Å². The lowest BCUT2D eigenvalue weighted by atomic mass is 9.98. The van der Waals surface area contributed by atoms with Crippen LogP contribution in [0.3, 0.4) is 0 Å². The number of rotatable bonds is 5. The van der Waals surface area contributed by atoms with Gasteiger partial charge in [0.05, 0.1) is 5.01 Å². The molecule has 1 atom stereocenters. The zero-order chi connectivity index (χ0) is 13.0. The molecular formula is C14H15Br2NS. The van der Waals surface area contributed by atoms with E-state index in [1.165, 1.54) is 10.6 Å². The summed E-state index contributed by atoms with van der Waals surface area (Å²) in [6.45, 7) is 2.05. The molecule has 1 unspecified atom stereocenters. The molecule has 4 heteroatoms. The molecule has 0 saturated carbocycles. The van der Waals surface area contributed by atoms with E-state index in [1.54, 1.807) is 11.3 Å². The first-order valence-electron chi connectivity index (χ1n) is 5.89. The van der Waals surface area contributed by atoms with Crippen LogP contribution >= 0.6 is 43.2 Å². The third kappa shape index (κ3) is 4.18. The van der Waals surface area contributed by atoms with Crippen molar-refractivity contribution in [2.24, 2.45) is 5.92 Å². The van der Waals surface area contributed by atoms with Crippen molar-refractivity contribution in [2.45, 2.75) is 19.8 Å². The Morgan fingerprint density at radius 1 is 1.33 bits per heavy atom. The van der Waals surface area contributed by atoms with Crippen molar-refractivity contribution in [1.29, 1.82) is 0 Å². The normalized spacial score (nSPS) is 12.6. The average Bonchev–Trinajstić information content (AvgIpc) is 2.74. The minimum Gasteiger partial charge on any atom is -0.247 e. The number of nitrogens with zero attached hydrogens (tertiary/aromatic N) is 1. The molecule has 0 radical (unpaired) electrons. The van der Waals surface area contributed by atoms with Gasteiger partial charge in [-0.2, -0.15) is 0 Å². The minimum atomic E-state index is 0.602. The smallest absolute Gasteiger partial charge is 0.0931 e. The maximum Gasteiger partial charge on any atom is 0.0931 e. The van der Waals surface area contributed by atoms with E-state index in [1.807, 2.05) is 0 Å². The predicted molar refractivity (Wildman–Crippen MR) is 85.7 cm³/mol. The highest BCUT2D eigenvalue weighted by molar-refractivity contribution is 9.10. The molecule has 1 nitrogen and oxygen atoms in total. The lowest BCUT2D eigenvalue weighted by Crippen LogP contribution is -2.09. The van der Waals surface area contributed by atoms with Crippen molar-refractivity contribution in [3.05, 3.63) is 50.4 Å². The average molecular weight is 389 g/mol. The molecule has 0 spiro atoms. The van der Waals surface area contributed by atoms with E-state index in [0.717, 1.165) is 28.3 Å². The van der Waals surface area contributed by atoms with Crippen molar-refractivity contribution in [3.63, 3.8) is 0 Å². The summed E-state index contributed by atoms with van der Waals surface area (Å²) in [6.07, 6.45) is 2.14. The van der Waals surface area contributed by atoms with Crippen LogP contribution in [0.25, 0.3) is 0 Å². The van der Waals surface area contributed by atoms with Gasteiger partial charge in [-0.1, -0.05) is 44.0 Å². The van der Waals surface area contributed by atoms with Crippen molar-refractivity contribution < 1.29 is 0 Å². The SMILES string of the molecule is Cc1csc(CC(CBr)Cc2cccc(Br)c2)n1. The van der Waals surface area contributed by atoms with Gasteiger partial charge in [0.2, 0.25) is 0 Å². The molecular weight excluding hydrogens is 374 g/mol. The van der Waals surface area contributed by atoms with E-state index < -0.39 is 0 Å². The number of hydrogen-bond donors (Lipinski definition) is 0. The second-order valence-electron chi connectivity index (χ2n) is 4.44. The van der Waals surface area contributed by atoms with Crippen molar-refractivity contribution >= 4 is 43.2 Å². The molecule has 0 aliphatic rings. The Bertz CT molecular complexity index is 510. The van der Waals surface area contributed by atoms with Crippen molar-refractivity contribution in [1.82, 2.24) is 4.98 Å². The van der Waals surface area contributed by atoms with Gasteiger partial charge < -0.3 is 0 Å². The van der Waals surface area contributed by atoms with Gasteiger partial charge in [0.15, 0.2) is 0 Å². The molecule has 18 heavy (non-hydrogen) atoms. The Hall–Kier alpha value is -0.190. The van der Waals surface area contributed by atoms with Crippen LogP contribution in [0.1, 0.15) is 16.3 Å². The maximum absolute atomic E-state index is 4.55. The summed E-state index contributed by atoms with van der Waals surface area (Å²) in [6, 6.07) is 8.55. The lowest BCUT2D eigenvalue weighted by Gasteiger charge is -2.12. The summed E-state index contributed by atoms with van der Waals surface area (Å²) >= 11 is 8.91. The fourth-order valence-corrected chi connectivity index (χ4v) is 3.71. The van der Waals surface area contributed by atoms with Crippen molar-refractivity contribution in [3.8, 4) is 0 Å². The maximum atomic E-state index is 4.55. The van der Waals surface area contributed by atoms with Gasteiger partial charge in [0.1, 0.15) is 0 Å². The number of aromatic nitrogens is 1. The van der Waals surface area contributed by atoms with Gasteiger partial charge in [0, 0.05) is 27.3 Å². The number of alkyl halides is 1. The number of benzene rings is 1. The van der Waals surface area contributed by atoms with E-state index in [9.17, 15) is 0 Å². The fraction of sp³-hybridized carbons (Fsp3) is 0.357. The summed E-state index contributed by atoms with van der Waals surface area (Å²) in [5, 5.41) is 4.38. The summed E-state index contributed by atoms with van der Waals surface area (Å²) in [4.78, 5) is 4.55. The van der Waals surface area contributed by atoms with Crippen LogP contribution in [0, 0.1) is 12.8 Å². The molecule has 0 saturated heterocycles. The molecule has 2 aromatic rings. The second kappa shape index (κ2) is 6.83. The fourth-order valence-electron chi connectivity index (χ4n) is 1.92. The Morgan fingerprint density at radius 3 is 2.78 bits per heavy atom. The van der Waals surface area contributed by atoms with Crippen LogP contribution in [-0.2, 0) is 12.8 Å². The molecule has 1 aromatic carbocycles. The Labute approximate surface area is 129 Å². The van der Waals surface area contributed by atoms with Crippen LogP contribution in [0.2, 0.25) is 0 Å². The molecule has 0 fully saturated rings. The molecule has 2 rings (SSSR count). The van der Waals surface area contributed by atoms with E-state index in [-0.39, 0.29) is 0 Å². The number of halogens is 2. The highest BCUT2D eigenvalue weighted by Gasteiger charge is 2.12. The quantitative estimate of drug-likeness (QED) is 0.656. The van der Waals surface area contributed by atoms with Crippen LogP contribution in [0.15, 0.2) is 34.1 Å². The zero-order valence-electron chi connectivity index (χ0n) is 10.2. The molecule has 1 aromatic heterocycles. The molecule has 1 heterocycles. The molecule has 96 valence electrons. The number of hydrogen-bond acceptors (Lipinski definition) is 2. The standard InChI is InChI=1S/C14H15Br2NS/c1-10-9-18-14(17-10)7-12(8-15)5-11-3-2-4-13(16)6-11/h2-4,6,9,12H,5,7-8H2,1H3. The molecule has 0 aliphatic heterocycles. The van der Waals surface area contributed by atoms with Gasteiger partial charge in [-0.05, 0) is 37.0 Å². The van der Waals surface area contributed by atoms with E-state index in [0.29, 0.717) is 5.92 Å². The summed E-state index contributed by atoms with van der Waals surface area (Å²) < 4.78 is 1.15. The van der Waals surface area contributed by atoms with Crippen LogP contribution < -0.4 is 0 Å². The van der Waals surface area contributed by atoms with Gasteiger partial charge >= 0.3 is 0 Å². The lowest BCUT2D eigenvalue weighted by molar-refractivity contribution is 0.588. The third-order valence-electron chi connectivity index (χ3n) is 2.76. The number of thiazole rings is 1. The molecule has 0 amide bonds. The predicted octanol–water partition coefficient (Wildman–Crippen LogP) is 5.01. The Morgan fingerprint density at radius 2 is 2.17 bits per heavy atom. The second-order valence-corrected chi connectivity index (χ2v) is 6.95. The summed E-state index contributed by atoms with van der Waals surface area (Å²) in [5.74, 6) is 0.602. The number of aryl methyl sites for hydroxylation is 1. The van der Waals surface area contributed by atoms with E-state index >= 15 is 0 Å². The van der Waals surface area contributed by atoms with Crippen LogP contribution in [0.4, 0.5) is 0 Å². The van der Waals surface area contributed by atoms with Crippen LogP contribution in [0.5, 0.6) is 0 Å². The van der Waals surface area contributed by atoms with Gasteiger partial charge in [0.25, 0.3) is 0 Å². The minimum absolute atomic E-state index is 0.602. The molecule has 0 aliphatic carbocycles. The van der Waals surface area contributed by atoms with Crippen molar-refractivity contribution in [2.75, 3.05) is 5.33 Å². The van der Waals surface area contributed by atoms with Gasteiger partial charge in [-0.25, -0.2) is 4.98 Å². The molecule has 0 bridgehead atoms. The Kier molecular flexibility index (Phi) is 5.39. The van der Waals surface area contributed by atoms with Gasteiger partial charge in [-0.3, -0.25) is 0 Å². The highest BCUT2D eigenvalue weighted by atomic mass is 79.9. The molecule has 0 N–H and O–H groups in total.